The zero-order chi connectivity index (χ0) is 18.7. The van der Waals surface area contributed by atoms with Crippen molar-refractivity contribution in [1.82, 2.24) is 9.55 Å². The molecule has 8 heteroatoms. The van der Waals surface area contributed by atoms with Gasteiger partial charge in [0, 0.05) is 25.5 Å². The first kappa shape index (κ1) is 17.8. The molecule has 1 amide bonds. The van der Waals surface area contributed by atoms with Gasteiger partial charge in [-0.3, -0.25) is 9.69 Å². The molecule has 0 saturated heterocycles. The van der Waals surface area contributed by atoms with Gasteiger partial charge in [-0.05, 0) is 24.3 Å². The van der Waals surface area contributed by atoms with Crippen LogP contribution in [0.4, 0.5) is 15.2 Å². The van der Waals surface area contributed by atoms with Crippen LogP contribution in [-0.2, 0) is 23.2 Å². The third-order valence-corrected chi connectivity index (χ3v) is 4.52. The van der Waals surface area contributed by atoms with Crippen molar-refractivity contribution in [2.75, 3.05) is 4.90 Å². The highest BCUT2D eigenvalue weighted by atomic mass is 32.1. The number of thiazole rings is 1. The second kappa shape index (κ2) is 7.49. The summed E-state index contributed by atoms with van der Waals surface area (Å²) in [5.41, 5.74) is 1.04. The van der Waals surface area contributed by atoms with Crippen molar-refractivity contribution in [2.45, 2.75) is 13.5 Å². The Bertz CT molecular complexity index is 951. The number of aryl methyl sites for hydroxylation is 1. The van der Waals surface area contributed by atoms with E-state index in [1.54, 1.807) is 47.5 Å². The molecule has 0 saturated carbocycles. The van der Waals surface area contributed by atoms with Gasteiger partial charge in [0.05, 0.1) is 11.4 Å². The summed E-state index contributed by atoms with van der Waals surface area (Å²) in [5.74, 6) is -1.35. The lowest BCUT2D eigenvalue weighted by molar-refractivity contribution is -0.115. The van der Waals surface area contributed by atoms with E-state index in [9.17, 15) is 14.0 Å². The molecule has 2 aromatic heterocycles. The Morgan fingerprint density at radius 2 is 2.04 bits per heavy atom. The summed E-state index contributed by atoms with van der Waals surface area (Å²) in [4.78, 5) is 29.5. The van der Waals surface area contributed by atoms with E-state index in [-0.39, 0.29) is 18.2 Å². The monoisotopic (exact) mass is 373 g/mol. The summed E-state index contributed by atoms with van der Waals surface area (Å²) in [6, 6.07) is 9.38. The zero-order valence-electron chi connectivity index (χ0n) is 14.2. The van der Waals surface area contributed by atoms with Crippen LogP contribution in [-0.4, -0.2) is 21.4 Å². The number of amides is 1. The number of halogens is 1. The molecule has 0 bridgehead atoms. The number of esters is 1. The van der Waals surface area contributed by atoms with Crippen LogP contribution in [0.15, 0.2) is 48.0 Å². The third-order valence-electron chi connectivity index (χ3n) is 3.64. The van der Waals surface area contributed by atoms with Gasteiger partial charge in [-0.1, -0.05) is 12.1 Å². The minimum atomic E-state index is -0.519. The smallest absolute Gasteiger partial charge is 0.355 e. The molecule has 0 aliphatic carbocycles. The summed E-state index contributed by atoms with van der Waals surface area (Å²) < 4.78 is 21.0. The minimum Gasteiger partial charge on any atom is -0.454 e. The number of anilines is 2. The summed E-state index contributed by atoms with van der Waals surface area (Å²) in [6.45, 7) is 1.30. The number of ether oxygens (including phenoxy) is 1. The molecule has 0 aliphatic heterocycles. The van der Waals surface area contributed by atoms with Crippen molar-refractivity contribution >= 4 is 34.0 Å². The molecule has 0 unspecified atom stereocenters. The quantitative estimate of drug-likeness (QED) is 0.640. The predicted octanol–water partition coefficient (Wildman–Crippen LogP) is 3.66. The number of hydrogen-bond acceptors (Lipinski definition) is 5. The molecule has 26 heavy (non-hydrogen) atoms. The molecule has 0 N–H and O–H groups in total. The number of nitrogens with zero attached hydrogens (tertiary/aromatic N) is 3. The molecule has 3 rings (SSSR count). The Morgan fingerprint density at radius 1 is 1.27 bits per heavy atom. The number of aromatic nitrogens is 2. The Morgan fingerprint density at radius 3 is 2.69 bits per heavy atom. The number of benzene rings is 1. The second-order valence-corrected chi connectivity index (χ2v) is 6.34. The first-order valence-electron chi connectivity index (χ1n) is 7.75. The van der Waals surface area contributed by atoms with Gasteiger partial charge in [0.15, 0.2) is 5.13 Å². The number of hydrogen-bond donors (Lipinski definition) is 0. The van der Waals surface area contributed by atoms with Crippen LogP contribution >= 0.6 is 11.3 Å². The average molecular weight is 373 g/mol. The van der Waals surface area contributed by atoms with Gasteiger partial charge < -0.3 is 9.30 Å². The lowest BCUT2D eigenvalue weighted by Crippen LogP contribution is -2.23. The predicted molar refractivity (Wildman–Crippen MR) is 95.9 cm³/mol. The van der Waals surface area contributed by atoms with Crippen LogP contribution in [0.1, 0.15) is 23.1 Å². The van der Waals surface area contributed by atoms with Crippen LogP contribution in [0.25, 0.3) is 0 Å². The van der Waals surface area contributed by atoms with Gasteiger partial charge in [-0.15, -0.1) is 11.3 Å². The number of para-hydroxylation sites is 1. The Balaban J connectivity index is 1.76. The highest BCUT2D eigenvalue weighted by Gasteiger charge is 2.21. The van der Waals surface area contributed by atoms with Gasteiger partial charge >= 0.3 is 5.97 Å². The fourth-order valence-electron chi connectivity index (χ4n) is 2.39. The Hall–Kier alpha value is -3.00. The van der Waals surface area contributed by atoms with E-state index < -0.39 is 11.8 Å². The van der Waals surface area contributed by atoms with E-state index in [0.29, 0.717) is 16.5 Å². The number of rotatable bonds is 5. The lowest BCUT2D eigenvalue weighted by atomic mass is 10.3. The molecule has 0 radical (unpaired) electrons. The summed E-state index contributed by atoms with van der Waals surface area (Å²) in [6.07, 6.45) is 1.75. The van der Waals surface area contributed by atoms with Gasteiger partial charge in [0.2, 0.25) is 5.91 Å². The molecular formula is C18H16FN3O3S. The number of carbonyl (C=O) groups is 2. The van der Waals surface area contributed by atoms with Crippen molar-refractivity contribution in [2.24, 2.45) is 7.05 Å². The first-order chi connectivity index (χ1) is 12.5. The molecule has 1 aromatic carbocycles. The minimum absolute atomic E-state index is 0.0382. The van der Waals surface area contributed by atoms with Crippen LogP contribution in [0.5, 0.6) is 0 Å². The molecule has 0 fully saturated rings. The molecule has 2 heterocycles. The summed E-state index contributed by atoms with van der Waals surface area (Å²) in [7, 11) is 1.75. The van der Waals surface area contributed by atoms with Gasteiger partial charge in [0.25, 0.3) is 0 Å². The average Bonchev–Trinajstić information content (AvgIpc) is 3.23. The molecule has 0 atom stereocenters. The van der Waals surface area contributed by atoms with E-state index in [1.807, 2.05) is 0 Å². The Kier molecular flexibility index (Phi) is 5.13. The maximum atomic E-state index is 14.1. The molecule has 0 spiro atoms. The standard InChI is InChI=1S/C18H16FN3O3S/c1-12(23)22(15-7-4-3-6-14(15)19)18-20-13(11-26-18)10-25-17(24)16-8-5-9-21(16)2/h3-9,11H,10H2,1-2H3. The largest absolute Gasteiger partial charge is 0.454 e. The van der Waals surface area contributed by atoms with Crippen molar-refractivity contribution in [1.29, 1.82) is 0 Å². The van der Waals surface area contributed by atoms with Crippen molar-refractivity contribution in [3.8, 4) is 0 Å². The summed E-state index contributed by atoms with van der Waals surface area (Å²) in [5, 5.41) is 1.98. The normalized spacial score (nSPS) is 10.6. The van der Waals surface area contributed by atoms with Crippen molar-refractivity contribution < 1.29 is 18.7 Å². The van der Waals surface area contributed by atoms with Crippen molar-refractivity contribution in [3.63, 3.8) is 0 Å². The molecule has 3 aromatic rings. The fraction of sp³-hybridized carbons (Fsp3) is 0.167. The van der Waals surface area contributed by atoms with Crippen LogP contribution < -0.4 is 4.90 Å². The topological polar surface area (TPSA) is 64.4 Å². The zero-order valence-corrected chi connectivity index (χ0v) is 15.0. The van der Waals surface area contributed by atoms with Gasteiger partial charge in [0.1, 0.15) is 18.1 Å². The highest BCUT2D eigenvalue weighted by molar-refractivity contribution is 7.14. The first-order valence-corrected chi connectivity index (χ1v) is 8.63. The SMILES string of the molecule is CC(=O)N(c1nc(COC(=O)c2cccn2C)cs1)c1ccccc1F. The molecule has 134 valence electrons. The van der Waals surface area contributed by atoms with E-state index in [0.717, 1.165) is 0 Å². The van der Waals surface area contributed by atoms with Crippen LogP contribution in [0.3, 0.4) is 0 Å². The fourth-order valence-corrected chi connectivity index (χ4v) is 3.26. The lowest BCUT2D eigenvalue weighted by Gasteiger charge is -2.18. The second-order valence-electron chi connectivity index (χ2n) is 5.51. The molecule has 6 nitrogen and oxygen atoms in total. The maximum absolute atomic E-state index is 14.1. The molecule has 0 aliphatic rings. The molecular weight excluding hydrogens is 357 g/mol. The van der Waals surface area contributed by atoms with Gasteiger partial charge in [-0.25, -0.2) is 14.2 Å². The maximum Gasteiger partial charge on any atom is 0.355 e. The third kappa shape index (κ3) is 3.65. The van der Waals surface area contributed by atoms with E-state index >= 15 is 0 Å². The van der Waals surface area contributed by atoms with Gasteiger partial charge in [-0.2, -0.15) is 0 Å². The van der Waals surface area contributed by atoms with Crippen LogP contribution in [0.2, 0.25) is 0 Å². The summed E-state index contributed by atoms with van der Waals surface area (Å²) >= 11 is 1.17. The highest BCUT2D eigenvalue weighted by Crippen LogP contribution is 2.30. The van der Waals surface area contributed by atoms with E-state index in [4.69, 9.17) is 4.74 Å². The number of carbonyl (C=O) groups excluding carboxylic acids is 2. The Labute approximate surface area is 153 Å². The van der Waals surface area contributed by atoms with Crippen LogP contribution in [0, 0.1) is 5.82 Å². The van der Waals surface area contributed by atoms with E-state index in [1.165, 1.54) is 35.3 Å². The van der Waals surface area contributed by atoms with E-state index in [2.05, 4.69) is 4.98 Å². The van der Waals surface area contributed by atoms with Crippen molar-refractivity contribution in [3.05, 3.63) is 65.2 Å².